The summed E-state index contributed by atoms with van der Waals surface area (Å²) in [6.07, 6.45) is 3.69. The predicted molar refractivity (Wildman–Crippen MR) is 193 cm³/mol. The first-order chi connectivity index (χ1) is 24.7. The van der Waals surface area contributed by atoms with Gasteiger partial charge in [0.15, 0.2) is 0 Å². The molecule has 1 aromatic heterocycles. The van der Waals surface area contributed by atoms with Crippen LogP contribution in [-0.4, -0.2) is 65.5 Å². The van der Waals surface area contributed by atoms with E-state index in [-0.39, 0.29) is 18.6 Å². The molecule has 4 atom stereocenters. The van der Waals surface area contributed by atoms with Crippen molar-refractivity contribution in [1.82, 2.24) is 15.6 Å². The monoisotopic (exact) mass is 714 g/mol. The first-order valence-electron chi connectivity index (χ1n) is 17.3. The number of fused-ring (bicyclic) bond motifs is 2. The Bertz CT molecular complexity index is 1820. The molecule has 0 spiro atoms. The number of aromatic nitrogens is 1. The summed E-state index contributed by atoms with van der Waals surface area (Å²) in [6, 6.07) is 21.5. The minimum Gasteiger partial charge on any atom is -0.489 e. The lowest BCUT2D eigenvalue weighted by molar-refractivity contribution is -0.137. The summed E-state index contributed by atoms with van der Waals surface area (Å²) >= 11 is 6.03. The van der Waals surface area contributed by atoms with Crippen molar-refractivity contribution in [1.29, 1.82) is 0 Å². The van der Waals surface area contributed by atoms with Crippen LogP contribution in [0.2, 0.25) is 5.02 Å². The zero-order valence-electron chi connectivity index (χ0n) is 28.2. The van der Waals surface area contributed by atoms with Crippen molar-refractivity contribution < 1.29 is 34.0 Å². The molecule has 3 heterocycles. The fraction of sp³-hybridized carbons (Fsp3) is 0.359. The molecule has 0 saturated carbocycles. The Labute approximate surface area is 302 Å². The van der Waals surface area contributed by atoms with E-state index < -0.39 is 24.1 Å². The van der Waals surface area contributed by atoms with Crippen LogP contribution in [0.1, 0.15) is 69.6 Å². The highest BCUT2D eigenvalue weighted by atomic mass is 35.5. The zero-order chi connectivity index (χ0) is 35.7. The topological polar surface area (TPSA) is 165 Å². The third-order valence-corrected chi connectivity index (χ3v) is 9.39. The number of aryl methyl sites for hydroxylation is 3. The van der Waals surface area contributed by atoms with Gasteiger partial charge in [0.05, 0.1) is 24.2 Å². The molecule has 268 valence electrons. The first kappa shape index (κ1) is 36.3. The van der Waals surface area contributed by atoms with Crippen LogP contribution in [0, 0.1) is 0 Å². The van der Waals surface area contributed by atoms with Gasteiger partial charge in [-0.25, -0.2) is 9.78 Å². The number of rotatable bonds is 14. The molecule has 0 saturated heterocycles. The minimum atomic E-state index is -0.692. The number of carbonyl (C=O) groups is 2. The molecule has 11 nitrogen and oxygen atoms in total. The minimum absolute atomic E-state index is 0.0272. The standard InChI is InChI=1S/C39H43ClN4O7/c40-30-3-1-2-25(18-30)33(45)22-42-20-32-11-7-27-17-28(8-13-36(27)50-32)39(48)51-38(47)15-5-24-4-12-35-26(16-24)6-10-31(49-35)21-43-23-34(46)29-9-14-37(41)44-19-29/h1-4,8-9,12-14,16-19,31-34,42-43,45-46H,5-7,10-11,15,20-23H2,(H2,41,44). The molecule has 12 heteroatoms. The van der Waals surface area contributed by atoms with E-state index in [1.54, 1.807) is 48.7 Å². The maximum Gasteiger partial charge on any atom is 0.345 e. The van der Waals surface area contributed by atoms with Crippen molar-refractivity contribution in [3.05, 3.63) is 117 Å². The Morgan fingerprint density at radius 3 is 2.20 bits per heavy atom. The number of nitrogen functional groups attached to an aromatic ring is 1. The highest BCUT2D eigenvalue weighted by Crippen LogP contribution is 2.30. The summed E-state index contributed by atoms with van der Waals surface area (Å²) in [7, 11) is 0. The molecular formula is C39H43ClN4O7. The second-order valence-corrected chi connectivity index (χ2v) is 13.4. The summed E-state index contributed by atoms with van der Waals surface area (Å²) in [4.78, 5) is 29.4. The number of hydrogen-bond donors (Lipinski definition) is 5. The highest BCUT2D eigenvalue weighted by molar-refractivity contribution is 6.30. The zero-order valence-corrected chi connectivity index (χ0v) is 29.0. The van der Waals surface area contributed by atoms with Gasteiger partial charge in [0.1, 0.15) is 29.5 Å². The Balaban J connectivity index is 0.902. The third-order valence-electron chi connectivity index (χ3n) is 9.15. The summed E-state index contributed by atoms with van der Waals surface area (Å²) in [6.45, 7) is 1.88. The average Bonchev–Trinajstić information content (AvgIpc) is 3.13. The summed E-state index contributed by atoms with van der Waals surface area (Å²) in [5, 5.41) is 27.9. The lowest BCUT2D eigenvalue weighted by atomic mass is 9.98. The molecule has 6 rings (SSSR count). The number of anilines is 1. The van der Waals surface area contributed by atoms with Gasteiger partial charge in [-0.2, -0.15) is 0 Å². The Morgan fingerprint density at radius 2 is 1.53 bits per heavy atom. The smallest absolute Gasteiger partial charge is 0.345 e. The molecule has 2 aliphatic rings. The number of ether oxygens (including phenoxy) is 3. The van der Waals surface area contributed by atoms with E-state index in [1.165, 1.54) is 0 Å². The van der Waals surface area contributed by atoms with Crippen molar-refractivity contribution in [2.45, 2.75) is 62.9 Å². The first-order valence-corrected chi connectivity index (χ1v) is 17.7. The Hall–Kier alpha value is -4.52. The molecule has 0 amide bonds. The van der Waals surface area contributed by atoms with Crippen LogP contribution in [0.3, 0.4) is 0 Å². The maximum atomic E-state index is 12.8. The van der Waals surface area contributed by atoms with E-state index >= 15 is 0 Å². The number of carbonyl (C=O) groups excluding carboxylic acids is 2. The summed E-state index contributed by atoms with van der Waals surface area (Å²) in [5.74, 6) is 0.643. The maximum absolute atomic E-state index is 12.8. The van der Waals surface area contributed by atoms with Gasteiger partial charge >= 0.3 is 11.9 Å². The number of aliphatic hydroxyl groups excluding tert-OH is 2. The van der Waals surface area contributed by atoms with Crippen LogP contribution in [-0.2, 0) is 28.8 Å². The van der Waals surface area contributed by atoms with Crippen LogP contribution in [0.25, 0.3) is 0 Å². The molecule has 0 bridgehead atoms. The molecule has 0 radical (unpaired) electrons. The van der Waals surface area contributed by atoms with Crippen molar-refractivity contribution in [2.75, 3.05) is 31.9 Å². The molecule has 0 aliphatic carbocycles. The molecule has 51 heavy (non-hydrogen) atoms. The number of aliphatic hydroxyl groups is 2. The summed E-state index contributed by atoms with van der Waals surface area (Å²) < 4.78 is 17.5. The number of halogens is 1. The largest absolute Gasteiger partial charge is 0.489 e. The lowest BCUT2D eigenvalue weighted by Gasteiger charge is -2.27. The van der Waals surface area contributed by atoms with E-state index in [9.17, 15) is 19.8 Å². The number of nitrogens with two attached hydrogens (primary N) is 1. The van der Waals surface area contributed by atoms with Crippen LogP contribution in [0.5, 0.6) is 11.5 Å². The van der Waals surface area contributed by atoms with Gasteiger partial charge in [-0.05, 0) is 96.8 Å². The molecule has 3 aromatic carbocycles. The van der Waals surface area contributed by atoms with E-state index in [1.807, 2.05) is 30.3 Å². The SMILES string of the molecule is Nc1ccc(C(O)CNCC2CCc3cc(CCC(=O)OC(=O)c4ccc5c(c4)CCC(CNCC(O)c4cccc(Cl)c4)O5)ccc3O2)cn1. The van der Waals surface area contributed by atoms with Crippen LogP contribution in [0.15, 0.2) is 79.0 Å². The summed E-state index contributed by atoms with van der Waals surface area (Å²) in [5.41, 5.74) is 10.3. The van der Waals surface area contributed by atoms with Crippen LogP contribution in [0.4, 0.5) is 5.82 Å². The fourth-order valence-corrected chi connectivity index (χ4v) is 6.50. The Morgan fingerprint density at radius 1 is 0.863 bits per heavy atom. The fourth-order valence-electron chi connectivity index (χ4n) is 6.30. The van der Waals surface area contributed by atoms with Crippen LogP contribution < -0.4 is 25.8 Å². The quantitative estimate of drug-likeness (QED) is 0.0911. The van der Waals surface area contributed by atoms with Crippen molar-refractivity contribution in [2.24, 2.45) is 0 Å². The van der Waals surface area contributed by atoms with Gasteiger partial charge in [0, 0.05) is 43.0 Å². The molecule has 2 aliphatic heterocycles. The lowest BCUT2D eigenvalue weighted by Crippen LogP contribution is -2.36. The van der Waals surface area contributed by atoms with E-state index in [0.717, 1.165) is 47.3 Å². The molecule has 6 N–H and O–H groups in total. The predicted octanol–water partition coefficient (Wildman–Crippen LogP) is 4.67. The number of nitrogens with zero attached hydrogens (tertiary/aromatic N) is 1. The van der Waals surface area contributed by atoms with Crippen molar-refractivity contribution in [3.63, 3.8) is 0 Å². The van der Waals surface area contributed by atoms with Gasteiger partial charge in [-0.3, -0.25) is 4.79 Å². The Kier molecular flexibility index (Phi) is 12.2. The van der Waals surface area contributed by atoms with Gasteiger partial charge in [0.2, 0.25) is 0 Å². The van der Waals surface area contributed by atoms with Gasteiger partial charge < -0.3 is 40.8 Å². The van der Waals surface area contributed by atoms with E-state index in [4.69, 9.17) is 31.5 Å². The number of esters is 2. The third kappa shape index (κ3) is 10.1. The van der Waals surface area contributed by atoms with Gasteiger partial charge in [-0.1, -0.05) is 41.9 Å². The number of hydrogen-bond acceptors (Lipinski definition) is 11. The van der Waals surface area contributed by atoms with E-state index in [2.05, 4.69) is 15.6 Å². The van der Waals surface area contributed by atoms with Crippen molar-refractivity contribution >= 4 is 29.4 Å². The molecule has 4 unspecified atom stereocenters. The number of benzene rings is 3. The molecule has 0 fully saturated rings. The van der Waals surface area contributed by atoms with E-state index in [0.29, 0.717) is 66.7 Å². The second kappa shape index (κ2) is 17.1. The second-order valence-electron chi connectivity index (χ2n) is 13.0. The highest BCUT2D eigenvalue weighted by Gasteiger charge is 2.24. The van der Waals surface area contributed by atoms with Crippen LogP contribution >= 0.6 is 11.6 Å². The number of pyridine rings is 1. The van der Waals surface area contributed by atoms with Crippen molar-refractivity contribution in [3.8, 4) is 11.5 Å². The number of nitrogens with one attached hydrogen (secondary N) is 2. The normalized spacial score (nSPS) is 17.6. The molecule has 4 aromatic rings. The van der Waals surface area contributed by atoms with Gasteiger partial charge in [-0.15, -0.1) is 0 Å². The van der Waals surface area contributed by atoms with Gasteiger partial charge in [0.25, 0.3) is 0 Å². The average molecular weight is 715 g/mol. The molecular weight excluding hydrogens is 672 g/mol.